The number of aromatic nitrogens is 2. The molecule has 5 rings (SSSR count). The van der Waals surface area contributed by atoms with Crippen molar-refractivity contribution in [1.29, 1.82) is 0 Å². The molecule has 0 radical (unpaired) electrons. The van der Waals surface area contributed by atoms with Crippen molar-refractivity contribution in [1.82, 2.24) is 19.8 Å². The number of carbonyl (C=O) groups excluding carboxylic acids is 1. The molecule has 2 aliphatic heterocycles. The Morgan fingerprint density at radius 1 is 0.971 bits per heavy atom. The number of anilines is 1. The number of amides is 1. The Morgan fingerprint density at radius 3 is 2.59 bits per heavy atom. The summed E-state index contributed by atoms with van der Waals surface area (Å²) < 4.78 is 11.1. The molecule has 3 aromatic rings. The first-order valence-electron chi connectivity index (χ1n) is 12.4. The van der Waals surface area contributed by atoms with E-state index in [1.807, 2.05) is 35.2 Å². The van der Waals surface area contributed by atoms with E-state index in [0.717, 1.165) is 88.5 Å². The van der Waals surface area contributed by atoms with Crippen LogP contribution in [0, 0.1) is 0 Å². The summed E-state index contributed by atoms with van der Waals surface area (Å²) in [6.07, 6.45) is 5.34. The van der Waals surface area contributed by atoms with E-state index in [1.54, 1.807) is 6.26 Å². The van der Waals surface area contributed by atoms with Gasteiger partial charge in [-0.2, -0.15) is 0 Å². The summed E-state index contributed by atoms with van der Waals surface area (Å²) in [4.78, 5) is 29.3. The second kappa shape index (κ2) is 11.0. The second-order valence-corrected chi connectivity index (χ2v) is 9.00. The van der Waals surface area contributed by atoms with Gasteiger partial charge in [0.25, 0.3) is 0 Å². The van der Waals surface area contributed by atoms with Gasteiger partial charge in [0.15, 0.2) is 11.6 Å². The van der Waals surface area contributed by atoms with Crippen LogP contribution in [0.15, 0.2) is 47.1 Å². The number of fused-ring (bicyclic) bond motifs is 1. The van der Waals surface area contributed by atoms with E-state index in [4.69, 9.17) is 19.1 Å². The molecule has 0 N–H and O–H groups in total. The van der Waals surface area contributed by atoms with Crippen LogP contribution in [-0.4, -0.2) is 84.7 Å². The summed E-state index contributed by atoms with van der Waals surface area (Å²) in [7, 11) is 0. The van der Waals surface area contributed by atoms with Crippen LogP contribution in [0.1, 0.15) is 25.7 Å². The lowest BCUT2D eigenvalue weighted by atomic mass is 10.2. The Morgan fingerprint density at radius 2 is 1.79 bits per heavy atom. The highest BCUT2D eigenvalue weighted by Crippen LogP contribution is 2.28. The van der Waals surface area contributed by atoms with Crippen molar-refractivity contribution < 1.29 is 13.9 Å². The molecule has 0 bridgehead atoms. The zero-order valence-corrected chi connectivity index (χ0v) is 19.7. The molecular weight excluding hydrogens is 430 g/mol. The van der Waals surface area contributed by atoms with Crippen LogP contribution in [0.3, 0.4) is 0 Å². The highest BCUT2D eigenvalue weighted by Gasteiger charge is 2.21. The fourth-order valence-electron chi connectivity index (χ4n) is 4.81. The van der Waals surface area contributed by atoms with Gasteiger partial charge in [-0.15, -0.1) is 0 Å². The number of benzene rings is 1. The molecular formula is C26H33N5O3. The summed E-state index contributed by atoms with van der Waals surface area (Å²) in [5.74, 6) is 2.32. The first-order valence-corrected chi connectivity index (χ1v) is 12.4. The highest BCUT2D eigenvalue weighted by atomic mass is 16.5. The summed E-state index contributed by atoms with van der Waals surface area (Å²) in [5.41, 5.74) is 0.878. The van der Waals surface area contributed by atoms with Gasteiger partial charge in [-0.1, -0.05) is 12.1 Å². The number of para-hydroxylation sites is 1. The smallest absolute Gasteiger partial charge is 0.224 e. The van der Waals surface area contributed by atoms with Gasteiger partial charge < -0.3 is 19.0 Å². The van der Waals surface area contributed by atoms with E-state index in [1.165, 1.54) is 0 Å². The third-order valence-corrected chi connectivity index (χ3v) is 6.68. The third-order valence-electron chi connectivity index (χ3n) is 6.68. The van der Waals surface area contributed by atoms with Crippen LogP contribution in [-0.2, 0) is 9.53 Å². The van der Waals surface area contributed by atoms with Crippen LogP contribution < -0.4 is 4.90 Å². The quantitative estimate of drug-likeness (QED) is 0.481. The molecule has 2 aromatic heterocycles. The number of carbonyl (C=O) groups is 1. The molecule has 1 amide bonds. The first-order chi connectivity index (χ1) is 16.8. The van der Waals surface area contributed by atoms with Crippen LogP contribution >= 0.6 is 0 Å². The van der Waals surface area contributed by atoms with Gasteiger partial charge in [-0.05, 0) is 43.5 Å². The number of hydrogen-bond acceptors (Lipinski definition) is 7. The van der Waals surface area contributed by atoms with E-state index < -0.39 is 0 Å². The molecule has 2 fully saturated rings. The van der Waals surface area contributed by atoms with E-state index in [0.29, 0.717) is 24.6 Å². The lowest BCUT2D eigenvalue weighted by Crippen LogP contribution is -2.39. The minimum atomic E-state index is 0.236. The van der Waals surface area contributed by atoms with Crippen molar-refractivity contribution in [2.45, 2.75) is 25.7 Å². The molecule has 1 aromatic carbocycles. The van der Waals surface area contributed by atoms with Crippen LogP contribution in [0.2, 0.25) is 0 Å². The predicted octanol–water partition coefficient (Wildman–Crippen LogP) is 3.43. The van der Waals surface area contributed by atoms with Gasteiger partial charge in [0.2, 0.25) is 5.91 Å². The van der Waals surface area contributed by atoms with Crippen LogP contribution in [0.25, 0.3) is 22.5 Å². The number of nitrogens with zero attached hydrogens (tertiary/aromatic N) is 5. The van der Waals surface area contributed by atoms with Crippen molar-refractivity contribution in [3.8, 4) is 11.6 Å². The number of furan rings is 1. The molecule has 0 aliphatic carbocycles. The Hall–Kier alpha value is -2.97. The van der Waals surface area contributed by atoms with E-state index >= 15 is 0 Å². The van der Waals surface area contributed by atoms with Gasteiger partial charge >= 0.3 is 0 Å². The monoisotopic (exact) mass is 463 g/mol. The van der Waals surface area contributed by atoms with Gasteiger partial charge in [-0.25, -0.2) is 9.97 Å². The van der Waals surface area contributed by atoms with Crippen molar-refractivity contribution in [3.63, 3.8) is 0 Å². The molecule has 2 saturated heterocycles. The maximum Gasteiger partial charge on any atom is 0.224 e. The molecule has 4 heterocycles. The third kappa shape index (κ3) is 5.39. The standard InChI is InChI=1S/C26H33N5O3/c32-24(30-12-3-4-13-30)10-15-31(14-6-11-29-16-19-33-20-17-29)26-21-7-1-2-8-22(21)27-25(28-26)23-9-5-18-34-23/h1-2,5,7-9,18H,3-4,6,10-17,19-20H2. The largest absolute Gasteiger partial charge is 0.461 e. The SMILES string of the molecule is O=C(CCN(CCCN1CCOCC1)c1nc(-c2ccco2)nc2ccccc12)N1CCCC1. The average molecular weight is 464 g/mol. The zero-order valence-electron chi connectivity index (χ0n) is 19.7. The molecule has 0 atom stereocenters. The fraction of sp³-hybridized carbons (Fsp3) is 0.500. The van der Waals surface area contributed by atoms with Crippen LogP contribution in [0.5, 0.6) is 0 Å². The normalized spacial score (nSPS) is 16.9. The van der Waals surface area contributed by atoms with E-state index in [2.05, 4.69) is 15.9 Å². The molecule has 0 spiro atoms. The number of morpholine rings is 1. The molecule has 0 saturated carbocycles. The Labute approximate surface area is 200 Å². The van der Waals surface area contributed by atoms with Gasteiger partial charge in [0.1, 0.15) is 5.82 Å². The Balaban J connectivity index is 1.39. The molecule has 34 heavy (non-hydrogen) atoms. The number of rotatable bonds is 9. The summed E-state index contributed by atoms with van der Waals surface area (Å²) >= 11 is 0. The molecule has 8 nitrogen and oxygen atoms in total. The first kappa shape index (κ1) is 22.8. The molecule has 180 valence electrons. The van der Waals surface area contributed by atoms with E-state index in [-0.39, 0.29) is 5.91 Å². The molecule has 8 heteroatoms. The van der Waals surface area contributed by atoms with Gasteiger partial charge in [0.05, 0.1) is 25.0 Å². The topological polar surface area (TPSA) is 74.9 Å². The minimum absolute atomic E-state index is 0.236. The van der Waals surface area contributed by atoms with Crippen molar-refractivity contribution in [2.75, 3.05) is 63.9 Å². The van der Waals surface area contributed by atoms with Gasteiger partial charge in [0, 0.05) is 57.6 Å². The second-order valence-electron chi connectivity index (χ2n) is 9.00. The predicted molar refractivity (Wildman–Crippen MR) is 132 cm³/mol. The van der Waals surface area contributed by atoms with Crippen molar-refractivity contribution in [2.24, 2.45) is 0 Å². The fourth-order valence-corrected chi connectivity index (χ4v) is 4.81. The maximum absolute atomic E-state index is 12.8. The number of ether oxygens (including phenoxy) is 1. The number of likely N-dealkylation sites (tertiary alicyclic amines) is 1. The Kier molecular flexibility index (Phi) is 7.36. The zero-order chi connectivity index (χ0) is 23.2. The van der Waals surface area contributed by atoms with Crippen LogP contribution in [0.4, 0.5) is 5.82 Å². The summed E-state index contributed by atoms with van der Waals surface area (Å²) in [6, 6.07) is 11.8. The van der Waals surface area contributed by atoms with Crippen molar-refractivity contribution in [3.05, 3.63) is 42.7 Å². The summed E-state index contributed by atoms with van der Waals surface area (Å²) in [6.45, 7) is 7.80. The maximum atomic E-state index is 12.8. The Bertz CT molecular complexity index is 1080. The van der Waals surface area contributed by atoms with E-state index in [9.17, 15) is 4.79 Å². The van der Waals surface area contributed by atoms with Gasteiger partial charge in [-0.3, -0.25) is 9.69 Å². The number of hydrogen-bond donors (Lipinski definition) is 0. The lowest BCUT2D eigenvalue weighted by Gasteiger charge is -2.29. The highest BCUT2D eigenvalue weighted by molar-refractivity contribution is 5.91. The summed E-state index contributed by atoms with van der Waals surface area (Å²) in [5, 5.41) is 0.998. The average Bonchev–Trinajstić information content (AvgIpc) is 3.61. The lowest BCUT2D eigenvalue weighted by molar-refractivity contribution is -0.129. The molecule has 0 unspecified atom stereocenters. The molecule has 2 aliphatic rings. The minimum Gasteiger partial charge on any atom is -0.461 e. The van der Waals surface area contributed by atoms with Crippen molar-refractivity contribution >= 4 is 22.6 Å².